The zero-order valence-corrected chi connectivity index (χ0v) is 20.6. The third-order valence-corrected chi connectivity index (χ3v) is 8.05. The van der Waals surface area contributed by atoms with Crippen molar-refractivity contribution >= 4 is 11.6 Å². The number of nitrogens with two attached hydrogens (primary N) is 1. The van der Waals surface area contributed by atoms with Gasteiger partial charge in [0.05, 0.1) is 17.9 Å². The molecule has 2 saturated carbocycles. The highest BCUT2D eigenvalue weighted by atomic mass is 19.1. The molecule has 3 aliphatic rings. The van der Waals surface area contributed by atoms with E-state index in [1.165, 1.54) is 12.1 Å². The van der Waals surface area contributed by atoms with Gasteiger partial charge in [0.2, 0.25) is 11.8 Å². The molecule has 1 amide bonds. The van der Waals surface area contributed by atoms with Crippen molar-refractivity contribution in [1.82, 2.24) is 4.98 Å². The molecule has 192 valence electrons. The second-order valence-corrected chi connectivity index (χ2v) is 10.7. The number of rotatable bonds is 9. The van der Waals surface area contributed by atoms with Crippen LogP contribution < -0.4 is 15.8 Å². The molecule has 0 aliphatic heterocycles. The average molecular weight is 504 g/mol. The average Bonchev–Trinajstić information content (AvgIpc) is 3.84. The lowest BCUT2D eigenvalue weighted by molar-refractivity contribution is -0.118. The lowest BCUT2D eigenvalue weighted by atomic mass is 9.89. The first-order chi connectivity index (χ1) is 18.0. The van der Waals surface area contributed by atoms with Crippen LogP contribution >= 0.6 is 0 Å². The van der Waals surface area contributed by atoms with E-state index in [1.807, 2.05) is 30.3 Å². The molecule has 0 radical (unpaired) electrons. The summed E-state index contributed by atoms with van der Waals surface area (Å²) in [5.74, 6) is 0.0398. The highest BCUT2D eigenvalue weighted by Crippen LogP contribution is 2.50. The number of amides is 1. The number of nitrogens with one attached hydrogen (secondary N) is 1. The fourth-order valence-corrected chi connectivity index (χ4v) is 5.91. The Bertz CT molecular complexity index is 1300. The van der Waals surface area contributed by atoms with Crippen LogP contribution in [0, 0.1) is 29.4 Å². The predicted molar refractivity (Wildman–Crippen MR) is 137 cm³/mol. The van der Waals surface area contributed by atoms with E-state index < -0.39 is 17.7 Å². The quantitative estimate of drug-likeness (QED) is 0.392. The van der Waals surface area contributed by atoms with E-state index in [0.29, 0.717) is 42.7 Å². The zero-order valence-electron chi connectivity index (χ0n) is 20.6. The highest BCUT2D eigenvalue weighted by molar-refractivity contribution is 5.95. The molecule has 1 heterocycles. The molecule has 2 aromatic carbocycles. The summed E-state index contributed by atoms with van der Waals surface area (Å²) in [6, 6.07) is 13.6. The number of hydrogen-bond acceptors (Lipinski definition) is 4. The number of aromatic nitrogens is 1. The Morgan fingerprint density at radius 2 is 1.76 bits per heavy atom. The Morgan fingerprint density at radius 3 is 2.46 bits per heavy atom. The minimum absolute atomic E-state index is 0.156. The van der Waals surface area contributed by atoms with E-state index in [1.54, 1.807) is 6.07 Å². The molecule has 7 heteroatoms. The summed E-state index contributed by atoms with van der Waals surface area (Å²) in [6.07, 6.45) is 7.00. The number of halogens is 2. The molecule has 0 saturated heterocycles. The van der Waals surface area contributed by atoms with Gasteiger partial charge in [-0.25, -0.2) is 13.8 Å². The molecule has 0 bridgehead atoms. The molecule has 2 atom stereocenters. The molecule has 3 aliphatic carbocycles. The number of benzene rings is 2. The van der Waals surface area contributed by atoms with Crippen molar-refractivity contribution in [3.63, 3.8) is 0 Å². The van der Waals surface area contributed by atoms with E-state index in [2.05, 4.69) is 10.3 Å². The van der Waals surface area contributed by atoms with Crippen molar-refractivity contribution in [3.05, 3.63) is 88.6 Å². The van der Waals surface area contributed by atoms with Crippen LogP contribution in [0.2, 0.25) is 0 Å². The summed E-state index contributed by atoms with van der Waals surface area (Å²) in [6.45, 7) is 0.300. The number of pyridine rings is 1. The first-order valence-corrected chi connectivity index (χ1v) is 13.2. The van der Waals surface area contributed by atoms with Gasteiger partial charge in [0, 0.05) is 11.5 Å². The van der Waals surface area contributed by atoms with Crippen molar-refractivity contribution in [2.75, 3.05) is 5.32 Å². The van der Waals surface area contributed by atoms with Gasteiger partial charge in [0.1, 0.15) is 18.2 Å². The summed E-state index contributed by atoms with van der Waals surface area (Å²) >= 11 is 0. The number of carbonyl (C=O) groups is 1. The van der Waals surface area contributed by atoms with E-state index in [4.69, 9.17) is 10.5 Å². The maximum absolute atomic E-state index is 15.3. The Morgan fingerprint density at radius 1 is 1.03 bits per heavy atom. The Hall–Kier alpha value is -3.32. The largest absolute Gasteiger partial charge is 0.473 e. The lowest BCUT2D eigenvalue weighted by Crippen LogP contribution is -2.44. The second-order valence-electron chi connectivity index (χ2n) is 10.7. The van der Waals surface area contributed by atoms with E-state index in [0.717, 1.165) is 48.6 Å². The van der Waals surface area contributed by atoms with Crippen molar-refractivity contribution in [2.24, 2.45) is 23.5 Å². The summed E-state index contributed by atoms with van der Waals surface area (Å²) in [4.78, 5) is 17.2. The molecule has 5 nitrogen and oxygen atoms in total. The Labute approximate surface area is 215 Å². The molecule has 1 unspecified atom stereocenters. The minimum Gasteiger partial charge on any atom is -0.473 e. The molecule has 37 heavy (non-hydrogen) atoms. The smallest absolute Gasteiger partial charge is 0.241 e. The molecule has 2 fully saturated rings. The summed E-state index contributed by atoms with van der Waals surface area (Å²) in [5.41, 5.74) is 9.79. The predicted octanol–water partition coefficient (Wildman–Crippen LogP) is 5.72. The molecule has 3 aromatic rings. The van der Waals surface area contributed by atoms with Gasteiger partial charge in [-0.3, -0.25) is 4.79 Å². The van der Waals surface area contributed by atoms with Crippen LogP contribution in [-0.4, -0.2) is 16.9 Å². The standard InChI is InChI=1S/C30H31F2N3O2/c31-21-13-24(30(34-15-21)37-16-17-4-2-1-3-5-17)22-11-10-20-12-26(25(32)14-23(20)22)35-29(36)28(33)27(18-6-7-18)19-8-9-19/h1-5,12-15,18-19,22,27-28H,6-11,16,33H2,(H,35,36)/t22?,28-/m0/s1. The number of ether oxygens (including phenoxy) is 1. The number of hydrogen-bond donors (Lipinski definition) is 2. The van der Waals surface area contributed by atoms with Crippen molar-refractivity contribution in [2.45, 2.75) is 57.1 Å². The molecule has 0 spiro atoms. The number of nitrogens with zero attached hydrogens (tertiary/aromatic N) is 1. The number of aryl methyl sites for hydroxylation is 1. The summed E-state index contributed by atoms with van der Waals surface area (Å²) < 4.78 is 35.5. The van der Waals surface area contributed by atoms with Gasteiger partial charge >= 0.3 is 0 Å². The van der Waals surface area contributed by atoms with Crippen LogP contribution in [0.1, 0.15) is 60.3 Å². The van der Waals surface area contributed by atoms with Crippen molar-refractivity contribution in [3.8, 4) is 5.88 Å². The Balaban J connectivity index is 1.21. The van der Waals surface area contributed by atoms with Crippen LogP contribution in [0.5, 0.6) is 5.88 Å². The van der Waals surface area contributed by atoms with Gasteiger partial charge in [-0.15, -0.1) is 0 Å². The fraction of sp³-hybridized carbons (Fsp3) is 0.400. The van der Waals surface area contributed by atoms with Gasteiger partial charge in [0.25, 0.3) is 0 Å². The highest BCUT2D eigenvalue weighted by Gasteiger charge is 2.46. The van der Waals surface area contributed by atoms with Gasteiger partial charge < -0.3 is 15.8 Å². The third-order valence-electron chi connectivity index (χ3n) is 8.05. The zero-order chi connectivity index (χ0) is 25.5. The number of anilines is 1. The van der Waals surface area contributed by atoms with E-state index in [9.17, 15) is 9.18 Å². The number of fused-ring (bicyclic) bond motifs is 1. The molecular weight excluding hydrogens is 472 g/mol. The number of carbonyl (C=O) groups excluding carboxylic acids is 1. The van der Waals surface area contributed by atoms with Crippen LogP contribution in [0.4, 0.5) is 14.5 Å². The van der Waals surface area contributed by atoms with E-state index >= 15 is 4.39 Å². The van der Waals surface area contributed by atoms with Crippen LogP contribution in [-0.2, 0) is 17.8 Å². The van der Waals surface area contributed by atoms with E-state index in [-0.39, 0.29) is 23.4 Å². The summed E-state index contributed by atoms with van der Waals surface area (Å²) in [5, 5.41) is 2.76. The van der Waals surface area contributed by atoms with Gasteiger partial charge in [-0.05, 0) is 91.2 Å². The molecular formula is C30H31F2N3O2. The third kappa shape index (κ3) is 5.10. The van der Waals surface area contributed by atoms with Gasteiger partial charge in [-0.1, -0.05) is 30.3 Å². The van der Waals surface area contributed by atoms with Gasteiger partial charge in [-0.2, -0.15) is 0 Å². The van der Waals surface area contributed by atoms with Crippen molar-refractivity contribution in [1.29, 1.82) is 0 Å². The maximum Gasteiger partial charge on any atom is 0.241 e. The minimum atomic E-state index is -0.622. The Kier molecular flexibility index (Phi) is 6.41. The maximum atomic E-state index is 15.3. The second kappa shape index (κ2) is 9.86. The molecule has 3 N–H and O–H groups in total. The van der Waals surface area contributed by atoms with Gasteiger partial charge in [0.15, 0.2) is 0 Å². The summed E-state index contributed by atoms with van der Waals surface area (Å²) in [7, 11) is 0. The normalized spacial score (nSPS) is 19.5. The molecule has 1 aromatic heterocycles. The molecule has 6 rings (SSSR count). The first kappa shape index (κ1) is 24.0. The monoisotopic (exact) mass is 503 g/mol. The fourth-order valence-electron chi connectivity index (χ4n) is 5.91. The van der Waals surface area contributed by atoms with Crippen molar-refractivity contribution < 1.29 is 18.3 Å². The van der Waals surface area contributed by atoms with Crippen LogP contribution in [0.3, 0.4) is 0 Å². The lowest BCUT2D eigenvalue weighted by Gasteiger charge is -2.23. The first-order valence-electron chi connectivity index (χ1n) is 13.2. The SMILES string of the molecule is N[C@H](C(=O)Nc1cc2c(cc1F)C(c1cc(F)cnc1OCc1ccccc1)CC2)C(C1CC1)C1CC1. The van der Waals surface area contributed by atoms with Crippen LogP contribution in [0.15, 0.2) is 54.7 Å². The van der Waals surface area contributed by atoms with Crippen LogP contribution in [0.25, 0.3) is 0 Å². The topological polar surface area (TPSA) is 77.2 Å².